The maximum Gasteiger partial charge on any atom is 0.261 e. The first-order valence-corrected chi connectivity index (χ1v) is 15.2. The maximum atomic E-state index is 13.9. The van der Waals surface area contributed by atoms with Crippen LogP contribution in [0.4, 0.5) is 0 Å². The van der Waals surface area contributed by atoms with Crippen LogP contribution >= 0.6 is 39.1 Å². The van der Waals surface area contributed by atoms with Crippen molar-refractivity contribution in [1.82, 2.24) is 10.2 Å². The Morgan fingerprint density at radius 1 is 0.950 bits per heavy atom. The summed E-state index contributed by atoms with van der Waals surface area (Å²) in [7, 11) is 0. The van der Waals surface area contributed by atoms with Crippen LogP contribution in [0.5, 0.6) is 5.75 Å². The fraction of sp³-hybridized carbons (Fsp3) is 0.375. The van der Waals surface area contributed by atoms with Crippen molar-refractivity contribution < 1.29 is 14.3 Å². The van der Waals surface area contributed by atoms with Gasteiger partial charge in [0, 0.05) is 23.5 Å². The monoisotopic (exact) mass is 644 g/mol. The Morgan fingerprint density at radius 2 is 1.62 bits per heavy atom. The number of aryl methyl sites for hydroxylation is 2. The molecule has 40 heavy (non-hydrogen) atoms. The topological polar surface area (TPSA) is 58.6 Å². The summed E-state index contributed by atoms with van der Waals surface area (Å²) in [5, 5.41) is 4.08. The fourth-order valence-electron chi connectivity index (χ4n) is 5.15. The van der Waals surface area contributed by atoms with Crippen LogP contribution in [0.1, 0.15) is 54.4 Å². The zero-order valence-electron chi connectivity index (χ0n) is 22.9. The summed E-state index contributed by atoms with van der Waals surface area (Å²) in [6.07, 6.45) is 5.67. The van der Waals surface area contributed by atoms with E-state index in [0.29, 0.717) is 22.2 Å². The molecule has 0 radical (unpaired) electrons. The van der Waals surface area contributed by atoms with Gasteiger partial charge in [0.15, 0.2) is 6.61 Å². The van der Waals surface area contributed by atoms with Crippen LogP contribution in [-0.4, -0.2) is 35.4 Å². The molecule has 1 saturated carbocycles. The van der Waals surface area contributed by atoms with Crippen LogP contribution in [0.2, 0.25) is 10.0 Å². The van der Waals surface area contributed by atoms with Crippen molar-refractivity contribution >= 4 is 50.9 Å². The van der Waals surface area contributed by atoms with Gasteiger partial charge in [0.05, 0.1) is 10.0 Å². The van der Waals surface area contributed by atoms with Crippen LogP contribution in [0.3, 0.4) is 0 Å². The average Bonchev–Trinajstić information content (AvgIpc) is 2.95. The van der Waals surface area contributed by atoms with Gasteiger partial charge in [-0.25, -0.2) is 0 Å². The molecule has 5 nitrogen and oxygen atoms in total. The van der Waals surface area contributed by atoms with Gasteiger partial charge in [-0.1, -0.05) is 94.8 Å². The van der Waals surface area contributed by atoms with Crippen molar-refractivity contribution in [2.45, 2.75) is 71.0 Å². The molecule has 4 rings (SSSR count). The molecule has 212 valence electrons. The Morgan fingerprint density at radius 3 is 2.27 bits per heavy atom. The number of hydrogen-bond donors (Lipinski definition) is 1. The highest BCUT2D eigenvalue weighted by molar-refractivity contribution is 9.10. The summed E-state index contributed by atoms with van der Waals surface area (Å²) in [5.41, 5.74) is 3.78. The molecule has 1 N–H and O–H groups in total. The standard InChI is InChI=1S/C32H35BrCl2N2O3/c1-21-15-26(16-22(2)31(21)33)40-20-30(38)37(19-24-13-14-27(34)28(35)17-24)29(18-23-9-5-3-6-10-23)32(39)36-25-11-7-4-8-12-25/h3,5-6,9-10,13-17,25,29H,4,7-8,11-12,18-20H2,1-2H3,(H,36,39)/t29-/m1/s1. The SMILES string of the molecule is Cc1cc(OCC(=O)N(Cc2ccc(Cl)c(Cl)c2)[C@H](Cc2ccccc2)C(=O)NC2CCCCC2)cc(C)c1Br. The van der Waals surface area contributed by atoms with E-state index < -0.39 is 6.04 Å². The molecule has 1 atom stereocenters. The number of rotatable bonds is 10. The lowest BCUT2D eigenvalue weighted by molar-refractivity contribution is -0.143. The number of amides is 2. The Kier molecular flexibility index (Phi) is 10.9. The lowest BCUT2D eigenvalue weighted by Gasteiger charge is -2.33. The fourth-order valence-corrected chi connectivity index (χ4v) is 5.70. The van der Waals surface area contributed by atoms with Crippen LogP contribution in [0.25, 0.3) is 0 Å². The predicted octanol–water partition coefficient (Wildman–Crippen LogP) is 7.84. The van der Waals surface area contributed by atoms with Crippen molar-refractivity contribution in [3.05, 3.63) is 97.4 Å². The summed E-state index contributed by atoms with van der Waals surface area (Å²) in [5.74, 6) is 0.163. The second-order valence-corrected chi connectivity index (χ2v) is 12.1. The van der Waals surface area contributed by atoms with E-state index in [1.54, 1.807) is 17.0 Å². The van der Waals surface area contributed by atoms with Crippen LogP contribution in [0.15, 0.2) is 65.1 Å². The number of carbonyl (C=O) groups excluding carboxylic acids is 2. The largest absolute Gasteiger partial charge is 0.484 e. The van der Waals surface area contributed by atoms with Crippen molar-refractivity contribution in [3.8, 4) is 5.75 Å². The molecule has 2 amide bonds. The van der Waals surface area contributed by atoms with Gasteiger partial charge in [-0.2, -0.15) is 0 Å². The number of ether oxygens (including phenoxy) is 1. The Hall–Kier alpha value is -2.54. The highest BCUT2D eigenvalue weighted by Crippen LogP contribution is 2.27. The summed E-state index contributed by atoms with van der Waals surface area (Å²) >= 11 is 16.1. The summed E-state index contributed by atoms with van der Waals surface area (Å²) < 4.78 is 6.99. The van der Waals surface area contributed by atoms with E-state index in [2.05, 4.69) is 21.2 Å². The molecule has 0 saturated heterocycles. The average molecular weight is 646 g/mol. The van der Waals surface area contributed by atoms with Crippen molar-refractivity contribution in [1.29, 1.82) is 0 Å². The predicted molar refractivity (Wildman–Crippen MR) is 165 cm³/mol. The van der Waals surface area contributed by atoms with E-state index in [4.69, 9.17) is 27.9 Å². The third-order valence-electron chi connectivity index (χ3n) is 7.33. The Balaban J connectivity index is 1.64. The van der Waals surface area contributed by atoms with Crippen LogP contribution in [-0.2, 0) is 22.6 Å². The molecule has 0 aliphatic heterocycles. The zero-order chi connectivity index (χ0) is 28.6. The molecular weight excluding hydrogens is 611 g/mol. The van der Waals surface area contributed by atoms with E-state index in [-0.39, 0.29) is 31.0 Å². The highest BCUT2D eigenvalue weighted by atomic mass is 79.9. The molecule has 0 spiro atoms. The molecule has 1 fully saturated rings. The number of benzene rings is 3. The van der Waals surface area contributed by atoms with E-state index in [9.17, 15) is 9.59 Å². The number of carbonyl (C=O) groups is 2. The zero-order valence-corrected chi connectivity index (χ0v) is 26.0. The lowest BCUT2D eigenvalue weighted by Crippen LogP contribution is -2.53. The first-order valence-electron chi connectivity index (χ1n) is 13.7. The molecular formula is C32H35BrCl2N2O3. The van der Waals surface area contributed by atoms with Crippen LogP contribution in [0, 0.1) is 13.8 Å². The van der Waals surface area contributed by atoms with Gasteiger partial charge < -0.3 is 15.0 Å². The molecule has 3 aromatic rings. The van der Waals surface area contributed by atoms with Gasteiger partial charge >= 0.3 is 0 Å². The lowest BCUT2D eigenvalue weighted by atomic mass is 9.94. The molecule has 3 aromatic carbocycles. The summed E-state index contributed by atoms with van der Waals surface area (Å²) in [4.78, 5) is 29.4. The summed E-state index contributed by atoms with van der Waals surface area (Å²) in [6.45, 7) is 3.94. The van der Waals surface area contributed by atoms with Gasteiger partial charge in [0.1, 0.15) is 11.8 Å². The van der Waals surface area contributed by atoms with Gasteiger partial charge in [0.2, 0.25) is 5.91 Å². The van der Waals surface area contributed by atoms with Crippen LogP contribution < -0.4 is 10.1 Å². The smallest absolute Gasteiger partial charge is 0.261 e. The molecule has 1 aliphatic carbocycles. The second-order valence-electron chi connectivity index (χ2n) is 10.5. The van der Waals surface area contributed by atoms with Crippen molar-refractivity contribution in [2.75, 3.05) is 6.61 Å². The van der Waals surface area contributed by atoms with Crippen molar-refractivity contribution in [3.63, 3.8) is 0 Å². The second kappa shape index (κ2) is 14.4. The number of halogens is 3. The first-order chi connectivity index (χ1) is 19.2. The minimum absolute atomic E-state index is 0.117. The molecule has 1 aliphatic rings. The van der Waals surface area contributed by atoms with Gasteiger partial charge in [-0.3, -0.25) is 9.59 Å². The van der Waals surface area contributed by atoms with E-state index in [1.165, 1.54) is 6.42 Å². The maximum absolute atomic E-state index is 13.9. The van der Waals surface area contributed by atoms with Crippen molar-refractivity contribution in [2.24, 2.45) is 0 Å². The molecule has 0 unspecified atom stereocenters. The van der Waals surface area contributed by atoms with E-state index >= 15 is 0 Å². The Bertz CT molecular complexity index is 1310. The molecule has 0 bridgehead atoms. The van der Waals surface area contributed by atoms with E-state index in [0.717, 1.165) is 52.4 Å². The molecule has 0 heterocycles. The quantitative estimate of drug-likeness (QED) is 0.244. The summed E-state index contributed by atoms with van der Waals surface area (Å²) in [6, 6.07) is 18.2. The molecule has 8 heteroatoms. The normalized spacial score (nSPS) is 14.4. The van der Waals surface area contributed by atoms with Gasteiger partial charge in [-0.15, -0.1) is 0 Å². The minimum atomic E-state index is -0.733. The number of nitrogens with zero attached hydrogens (tertiary/aromatic N) is 1. The molecule has 0 aromatic heterocycles. The minimum Gasteiger partial charge on any atom is -0.484 e. The van der Waals surface area contributed by atoms with E-state index in [1.807, 2.05) is 62.4 Å². The van der Waals surface area contributed by atoms with Gasteiger partial charge in [0.25, 0.3) is 5.91 Å². The number of nitrogens with one attached hydrogen (secondary N) is 1. The number of hydrogen-bond acceptors (Lipinski definition) is 3. The highest BCUT2D eigenvalue weighted by Gasteiger charge is 2.32. The first kappa shape index (κ1) is 30.4. The third kappa shape index (κ3) is 8.25. The van der Waals surface area contributed by atoms with Gasteiger partial charge in [-0.05, 0) is 73.2 Å². The third-order valence-corrected chi connectivity index (χ3v) is 9.32. The Labute approximate surface area is 255 Å².